The Bertz CT molecular complexity index is 819. The zero-order chi connectivity index (χ0) is 18.1. The smallest absolute Gasteiger partial charge is 0.324 e. The third-order valence-electron chi connectivity index (χ3n) is 4.17. The zero-order valence-electron chi connectivity index (χ0n) is 14.4. The summed E-state index contributed by atoms with van der Waals surface area (Å²) < 4.78 is 1.72. The molecule has 0 saturated heterocycles. The number of rotatable bonds is 5. The molecule has 2 amide bonds. The third-order valence-corrected chi connectivity index (χ3v) is 4.17. The average Bonchev–Trinajstić information content (AvgIpc) is 3.07. The minimum atomic E-state index is -0.775. The molecule has 7 nitrogen and oxygen atoms in total. The molecule has 0 spiro atoms. The van der Waals surface area contributed by atoms with Crippen molar-refractivity contribution < 1.29 is 19.2 Å². The lowest BCUT2D eigenvalue weighted by Gasteiger charge is -2.12. The molecule has 0 N–H and O–H groups in total. The van der Waals surface area contributed by atoms with Crippen LogP contribution in [0.2, 0.25) is 0 Å². The highest BCUT2D eigenvalue weighted by molar-refractivity contribution is 6.21. The second kappa shape index (κ2) is 6.51. The van der Waals surface area contributed by atoms with Crippen molar-refractivity contribution in [1.29, 1.82) is 0 Å². The van der Waals surface area contributed by atoms with Gasteiger partial charge in [-0.1, -0.05) is 31.0 Å². The number of fused-ring (bicyclic) bond motifs is 1. The van der Waals surface area contributed by atoms with Crippen molar-refractivity contribution in [2.24, 2.45) is 5.92 Å². The van der Waals surface area contributed by atoms with Crippen LogP contribution >= 0.6 is 0 Å². The van der Waals surface area contributed by atoms with E-state index < -0.39 is 17.8 Å². The minimum absolute atomic E-state index is 0.227. The van der Waals surface area contributed by atoms with Crippen molar-refractivity contribution in [1.82, 2.24) is 14.8 Å². The van der Waals surface area contributed by atoms with Gasteiger partial charge in [0.15, 0.2) is 0 Å². The number of aryl methyl sites for hydroxylation is 1. The van der Waals surface area contributed by atoms with E-state index >= 15 is 0 Å². The first kappa shape index (κ1) is 16.9. The highest BCUT2D eigenvalue weighted by atomic mass is 16.7. The number of nitrogens with zero attached hydrogens (tertiary/aromatic N) is 3. The van der Waals surface area contributed by atoms with Crippen LogP contribution < -0.4 is 0 Å². The summed E-state index contributed by atoms with van der Waals surface area (Å²) in [7, 11) is 0. The molecular formula is C18H19N3O4. The zero-order valence-corrected chi connectivity index (χ0v) is 14.4. The predicted octanol–water partition coefficient (Wildman–Crippen LogP) is 2.61. The SMILES string of the molecule is Cc1c(C(=O)ON2C(=O)c3ccccc3C2=O)cnn1CCC(C)C. The first-order chi connectivity index (χ1) is 11.9. The minimum Gasteiger partial charge on any atom is -0.324 e. The maximum Gasteiger partial charge on any atom is 0.367 e. The molecule has 0 unspecified atom stereocenters. The van der Waals surface area contributed by atoms with Crippen LogP contribution in [0, 0.1) is 12.8 Å². The van der Waals surface area contributed by atoms with E-state index in [-0.39, 0.29) is 16.7 Å². The molecule has 0 aliphatic carbocycles. The molecule has 1 aromatic carbocycles. The fraction of sp³-hybridized carbons (Fsp3) is 0.333. The standard InChI is InChI=1S/C18H19N3O4/c1-11(2)8-9-20-12(3)15(10-19-20)18(24)25-21-16(22)13-6-4-5-7-14(13)17(21)23/h4-7,10-11H,8-9H2,1-3H3. The molecule has 2 aromatic rings. The van der Waals surface area contributed by atoms with Gasteiger partial charge in [0, 0.05) is 12.2 Å². The maximum absolute atomic E-state index is 12.4. The number of aromatic nitrogens is 2. The number of carbonyl (C=O) groups excluding carboxylic acids is 3. The van der Waals surface area contributed by atoms with Crippen LogP contribution in [0.5, 0.6) is 0 Å². The van der Waals surface area contributed by atoms with Crippen LogP contribution in [0.4, 0.5) is 0 Å². The summed E-state index contributed by atoms with van der Waals surface area (Å²) in [4.78, 5) is 42.0. The molecule has 0 atom stereocenters. The molecule has 0 bridgehead atoms. The molecule has 1 aliphatic heterocycles. The number of amides is 2. The Labute approximate surface area is 145 Å². The number of hydrogen-bond acceptors (Lipinski definition) is 5. The summed E-state index contributed by atoms with van der Waals surface area (Å²) >= 11 is 0. The largest absolute Gasteiger partial charge is 0.367 e. The van der Waals surface area contributed by atoms with Crippen LogP contribution in [-0.4, -0.2) is 32.6 Å². The van der Waals surface area contributed by atoms with Crippen molar-refractivity contribution in [3.05, 3.63) is 52.8 Å². The normalized spacial score (nSPS) is 13.5. The van der Waals surface area contributed by atoms with Gasteiger partial charge >= 0.3 is 5.97 Å². The summed E-state index contributed by atoms with van der Waals surface area (Å²) in [5.41, 5.74) is 1.33. The van der Waals surface area contributed by atoms with Gasteiger partial charge in [-0.15, -0.1) is 0 Å². The highest BCUT2D eigenvalue weighted by Crippen LogP contribution is 2.23. The van der Waals surface area contributed by atoms with Gasteiger partial charge in [0.05, 0.1) is 17.3 Å². The van der Waals surface area contributed by atoms with E-state index in [0.29, 0.717) is 23.2 Å². The van der Waals surface area contributed by atoms with Gasteiger partial charge < -0.3 is 4.84 Å². The molecule has 0 radical (unpaired) electrons. The topological polar surface area (TPSA) is 81.5 Å². The lowest BCUT2D eigenvalue weighted by molar-refractivity contribution is -0.0585. The number of hydroxylamine groups is 2. The van der Waals surface area contributed by atoms with Crippen molar-refractivity contribution >= 4 is 17.8 Å². The Balaban J connectivity index is 1.76. The first-order valence-electron chi connectivity index (χ1n) is 8.12. The van der Waals surface area contributed by atoms with Gasteiger partial charge in [-0.2, -0.15) is 5.10 Å². The van der Waals surface area contributed by atoms with E-state index in [2.05, 4.69) is 18.9 Å². The lowest BCUT2D eigenvalue weighted by atomic mass is 10.1. The predicted molar refractivity (Wildman–Crippen MR) is 88.8 cm³/mol. The Morgan fingerprint density at radius 2 is 1.76 bits per heavy atom. The van der Waals surface area contributed by atoms with Gasteiger partial charge in [-0.05, 0) is 31.4 Å². The summed E-state index contributed by atoms with van der Waals surface area (Å²) in [6.45, 7) is 6.66. The Hall–Kier alpha value is -2.96. The second-order valence-corrected chi connectivity index (χ2v) is 6.38. The van der Waals surface area contributed by atoms with E-state index in [1.54, 1.807) is 23.7 Å². The molecule has 130 valence electrons. The highest BCUT2D eigenvalue weighted by Gasteiger charge is 2.39. The summed E-state index contributed by atoms with van der Waals surface area (Å²) in [6, 6.07) is 6.35. The van der Waals surface area contributed by atoms with Crippen molar-refractivity contribution in [3.63, 3.8) is 0 Å². The van der Waals surface area contributed by atoms with E-state index in [4.69, 9.17) is 4.84 Å². The fourth-order valence-corrected chi connectivity index (χ4v) is 2.63. The number of hydrogen-bond donors (Lipinski definition) is 0. The number of carbonyl (C=O) groups is 3. The van der Waals surface area contributed by atoms with Crippen LogP contribution in [0.3, 0.4) is 0 Å². The molecule has 0 saturated carbocycles. The van der Waals surface area contributed by atoms with Crippen LogP contribution in [0.25, 0.3) is 0 Å². The van der Waals surface area contributed by atoms with E-state index in [9.17, 15) is 14.4 Å². The third kappa shape index (κ3) is 3.05. The summed E-state index contributed by atoms with van der Waals surface area (Å²) in [6.07, 6.45) is 2.32. The molecule has 1 aliphatic rings. The molecule has 7 heteroatoms. The van der Waals surface area contributed by atoms with Gasteiger partial charge in [-0.25, -0.2) is 4.79 Å². The summed E-state index contributed by atoms with van der Waals surface area (Å²) in [5, 5.41) is 4.70. The molecule has 25 heavy (non-hydrogen) atoms. The Morgan fingerprint density at radius 1 is 1.16 bits per heavy atom. The molecule has 0 fully saturated rings. The second-order valence-electron chi connectivity index (χ2n) is 6.38. The van der Waals surface area contributed by atoms with E-state index in [1.807, 2.05) is 0 Å². The number of benzene rings is 1. The Kier molecular flexibility index (Phi) is 4.39. The lowest BCUT2D eigenvalue weighted by Crippen LogP contribution is -2.32. The average molecular weight is 341 g/mol. The molecule has 2 heterocycles. The summed E-state index contributed by atoms with van der Waals surface area (Å²) in [5.74, 6) is -1.54. The van der Waals surface area contributed by atoms with Gasteiger partial charge in [0.25, 0.3) is 11.8 Å². The van der Waals surface area contributed by atoms with E-state index in [0.717, 1.165) is 6.42 Å². The van der Waals surface area contributed by atoms with Crippen LogP contribution in [-0.2, 0) is 11.4 Å². The van der Waals surface area contributed by atoms with Crippen LogP contribution in [0.1, 0.15) is 57.0 Å². The quantitative estimate of drug-likeness (QED) is 0.781. The van der Waals surface area contributed by atoms with Crippen molar-refractivity contribution in [3.8, 4) is 0 Å². The van der Waals surface area contributed by atoms with Crippen molar-refractivity contribution in [2.75, 3.05) is 0 Å². The van der Waals surface area contributed by atoms with Crippen molar-refractivity contribution in [2.45, 2.75) is 33.7 Å². The first-order valence-corrected chi connectivity index (χ1v) is 8.12. The van der Waals surface area contributed by atoms with E-state index in [1.165, 1.54) is 18.3 Å². The van der Waals surface area contributed by atoms with Gasteiger partial charge in [-0.3, -0.25) is 14.3 Å². The Morgan fingerprint density at radius 3 is 2.32 bits per heavy atom. The van der Waals surface area contributed by atoms with Gasteiger partial charge in [0.1, 0.15) is 5.56 Å². The molecule has 1 aromatic heterocycles. The fourth-order valence-electron chi connectivity index (χ4n) is 2.63. The maximum atomic E-state index is 12.4. The van der Waals surface area contributed by atoms with Gasteiger partial charge in [0.2, 0.25) is 0 Å². The monoisotopic (exact) mass is 341 g/mol. The van der Waals surface area contributed by atoms with Crippen LogP contribution in [0.15, 0.2) is 30.5 Å². The molecular weight excluding hydrogens is 322 g/mol. The number of imide groups is 1. The molecule has 3 rings (SSSR count).